The lowest BCUT2D eigenvalue weighted by molar-refractivity contribution is -0.143. The summed E-state index contributed by atoms with van der Waals surface area (Å²) in [6, 6.07) is 7.61. The van der Waals surface area contributed by atoms with E-state index >= 15 is 0 Å². The molecule has 0 unspecified atom stereocenters. The molecular formula is C13H18O4. The number of hydrogen-bond donors (Lipinski definition) is 1. The normalized spacial score (nSPS) is 10.0. The van der Waals surface area contributed by atoms with E-state index in [1.165, 1.54) is 0 Å². The van der Waals surface area contributed by atoms with Crippen LogP contribution in [0.3, 0.4) is 0 Å². The zero-order valence-electron chi connectivity index (χ0n) is 10.0. The quantitative estimate of drug-likeness (QED) is 0.578. The number of methoxy groups -OCH3 is 1. The predicted octanol–water partition coefficient (Wildman–Crippen LogP) is 1.55. The van der Waals surface area contributed by atoms with Crippen LogP contribution < -0.4 is 4.74 Å². The van der Waals surface area contributed by atoms with Gasteiger partial charge in [-0.3, -0.25) is 4.79 Å². The minimum atomic E-state index is -0.235. The minimum Gasteiger partial charge on any atom is -0.497 e. The highest BCUT2D eigenvalue weighted by Gasteiger charge is 2.04. The Hall–Kier alpha value is -1.55. The van der Waals surface area contributed by atoms with Crippen LogP contribution in [0.4, 0.5) is 0 Å². The van der Waals surface area contributed by atoms with Crippen molar-refractivity contribution in [3.63, 3.8) is 0 Å². The number of hydrogen-bond acceptors (Lipinski definition) is 4. The molecule has 0 aliphatic carbocycles. The molecular weight excluding hydrogens is 220 g/mol. The van der Waals surface area contributed by atoms with Gasteiger partial charge in [-0.05, 0) is 24.1 Å². The fraction of sp³-hybridized carbons (Fsp3) is 0.462. The summed E-state index contributed by atoms with van der Waals surface area (Å²) in [6.07, 6.45) is 1.47. The van der Waals surface area contributed by atoms with Crippen molar-refractivity contribution in [2.24, 2.45) is 0 Å². The lowest BCUT2D eigenvalue weighted by Crippen LogP contribution is -2.08. The molecule has 0 atom stereocenters. The van der Waals surface area contributed by atoms with Gasteiger partial charge in [0.25, 0.3) is 0 Å². The predicted molar refractivity (Wildman–Crippen MR) is 64.0 cm³/mol. The fourth-order valence-corrected chi connectivity index (χ4v) is 1.40. The Kier molecular flexibility index (Phi) is 6.10. The number of carbonyl (C=O) groups is 1. The maximum absolute atomic E-state index is 11.3. The van der Waals surface area contributed by atoms with E-state index in [0.29, 0.717) is 19.3 Å². The number of esters is 1. The van der Waals surface area contributed by atoms with Gasteiger partial charge in [0.15, 0.2) is 0 Å². The van der Waals surface area contributed by atoms with Crippen LogP contribution in [-0.4, -0.2) is 31.4 Å². The molecule has 0 aromatic heterocycles. The number of aliphatic hydroxyl groups excluding tert-OH is 1. The van der Waals surface area contributed by atoms with Gasteiger partial charge >= 0.3 is 5.97 Å². The first kappa shape index (κ1) is 13.5. The topological polar surface area (TPSA) is 55.8 Å². The smallest absolute Gasteiger partial charge is 0.306 e. The summed E-state index contributed by atoms with van der Waals surface area (Å²) >= 11 is 0. The van der Waals surface area contributed by atoms with Crippen LogP contribution in [-0.2, 0) is 16.0 Å². The van der Waals surface area contributed by atoms with Gasteiger partial charge in [-0.2, -0.15) is 0 Å². The highest BCUT2D eigenvalue weighted by Crippen LogP contribution is 2.14. The molecule has 4 nitrogen and oxygen atoms in total. The molecule has 0 amide bonds. The van der Waals surface area contributed by atoms with Crippen molar-refractivity contribution < 1.29 is 19.4 Å². The van der Waals surface area contributed by atoms with Gasteiger partial charge in [0.05, 0.1) is 13.7 Å². The molecule has 94 valence electrons. The van der Waals surface area contributed by atoms with Gasteiger partial charge in [-0.1, -0.05) is 12.1 Å². The monoisotopic (exact) mass is 238 g/mol. The van der Waals surface area contributed by atoms with Crippen LogP contribution >= 0.6 is 0 Å². The molecule has 0 aliphatic rings. The Labute approximate surface area is 101 Å². The Morgan fingerprint density at radius 3 is 2.94 bits per heavy atom. The van der Waals surface area contributed by atoms with Gasteiger partial charge in [0.1, 0.15) is 5.75 Å². The van der Waals surface area contributed by atoms with E-state index in [9.17, 15) is 4.79 Å². The van der Waals surface area contributed by atoms with E-state index in [0.717, 1.165) is 11.3 Å². The third-order valence-corrected chi connectivity index (χ3v) is 2.32. The summed E-state index contributed by atoms with van der Waals surface area (Å²) in [6.45, 7) is 0.330. The van der Waals surface area contributed by atoms with Crippen molar-refractivity contribution in [2.45, 2.75) is 19.3 Å². The number of rotatable bonds is 7. The molecule has 17 heavy (non-hydrogen) atoms. The maximum Gasteiger partial charge on any atom is 0.306 e. The number of ether oxygens (including phenoxy) is 2. The van der Waals surface area contributed by atoms with Crippen LogP contribution in [0.15, 0.2) is 24.3 Å². The van der Waals surface area contributed by atoms with E-state index in [1.807, 2.05) is 24.3 Å². The molecule has 1 rings (SSSR count). The third kappa shape index (κ3) is 5.36. The van der Waals surface area contributed by atoms with Crippen molar-refractivity contribution in [1.29, 1.82) is 0 Å². The van der Waals surface area contributed by atoms with Crippen molar-refractivity contribution in [3.05, 3.63) is 29.8 Å². The second kappa shape index (κ2) is 7.68. The molecule has 0 radical (unpaired) electrons. The largest absolute Gasteiger partial charge is 0.497 e. The Morgan fingerprint density at radius 1 is 1.41 bits per heavy atom. The van der Waals surface area contributed by atoms with E-state index in [-0.39, 0.29) is 19.2 Å². The number of aliphatic hydroxyl groups is 1. The van der Waals surface area contributed by atoms with Crippen molar-refractivity contribution in [2.75, 3.05) is 20.3 Å². The highest BCUT2D eigenvalue weighted by molar-refractivity contribution is 5.69. The number of carbonyl (C=O) groups excluding carboxylic acids is 1. The summed E-state index contributed by atoms with van der Waals surface area (Å²) in [5.41, 5.74) is 1.04. The molecule has 0 spiro atoms. The van der Waals surface area contributed by atoms with E-state index in [4.69, 9.17) is 14.6 Å². The maximum atomic E-state index is 11.3. The second-order valence-corrected chi connectivity index (χ2v) is 3.65. The standard InChI is InChI=1S/C13H18O4/c1-16-12-5-2-4-11(10-12)6-7-13(15)17-9-3-8-14/h2,4-5,10,14H,3,6-9H2,1H3. The first-order chi connectivity index (χ1) is 8.26. The SMILES string of the molecule is COc1cccc(CCC(=O)OCCCO)c1. The van der Waals surface area contributed by atoms with Gasteiger partial charge in [-0.25, -0.2) is 0 Å². The van der Waals surface area contributed by atoms with Crippen molar-refractivity contribution in [1.82, 2.24) is 0 Å². The molecule has 0 bridgehead atoms. The van der Waals surface area contributed by atoms with Crippen LogP contribution in [0.5, 0.6) is 5.75 Å². The Balaban J connectivity index is 2.31. The first-order valence-corrected chi connectivity index (χ1v) is 5.65. The van der Waals surface area contributed by atoms with E-state index in [2.05, 4.69) is 0 Å². The molecule has 0 fully saturated rings. The van der Waals surface area contributed by atoms with Gasteiger partial charge in [0, 0.05) is 19.4 Å². The van der Waals surface area contributed by atoms with Crippen LogP contribution in [0.1, 0.15) is 18.4 Å². The van der Waals surface area contributed by atoms with Gasteiger partial charge in [-0.15, -0.1) is 0 Å². The first-order valence-electron chi connectivity index (χ1n) is 5.65. The Bertz CT molecular complexity index is 349. The summed E-state index contributed by atoms with van der Waals surface area (Å²) in [7, 11) is 1.61. The average molecular weight is 238 g/mol. The van der Waals surface area contributed by atoms with Gasteiger partial charge in [0.2, 0.25) is 0 Å². The highest BCUT2D eigenvalue weighted by atomic mass is 16.5. The number of benzene rings is 1. The summed E-state index contributed by atoms with van der Waals surface area (Å²) in [5, 5.41) is 8.54. The lowest BCUT2D eigenvalue weighted by Gasteiger charge is -2.05. The van der Waals surface area contributed by atoms with Crippen LogP contribution in [0, 0.1) is 0 Å². The van der Waals surface area contributed by atoms with Gasteiger partial charge < -0.3 is 14.6 Å². The lowest BCUT2D eigenvalue weighted by atomic mass is 10.1. The molecule has 1 N–H and O–H groups in total. The zero-order valence-corrected chi connectivity index (χ0v) is 10.0. The summed E-state index contributed by atoms with van der Waals surface area (Å²) in [4.78, 5) is 11.3. The minimum absolute atomic E-state index is 0.0448. The van der Waals surface area contributed by atoms with E-state index in [1.54, 1.807) is 7.11 Å². The summed E-state index contributed by atoms with van der Waals surface area (Å²) < 4.78 is 10.0. The van der Waals surface area contributed by atoms with Crippen molar-refractivity contribution in [3.8, 4) is 5.75 Å². The Morgan fingerprint density at radius 2 is 2.24 bits per heavy atom. The molecule has 1 aromatic rings. The molecule has 1 aromatic carbocycles. The molecule has 0 saturated carbocycles. The van der Waals surface area contributed by atoms with Crippen LogP contribution in [0.25, 0.3) is 0 Å². The number of aryl methyl sites for hydroxylation is 1. The summed E-state index contributed by atoms with van der Waals surface area (Å²) in [5.74, 6) is 0.553. The fourth-order valence-electron chi connectivity index (χ4n) is 1.40. The second-order valence-electron chi connectivity index (χ2n) is 3.65. The molecule has 4 heteroatoms. The van der Waals surface area contributed by atoms with E-state index < -0.39 is 0 Å². The zero-order chi connectivity index (χ0) is 12.5. The van der Waals surface area contributed by atoms with Crippen LogP contribution in [0.2, 0.25) is 0 Å². The third-order valence-electron chi connectivity index (χ3n) is 2.32. The van der Waals surface area contributed by atoms with Crippen molar-refractivity contribution >= 4 is 5.97 Å². The molecule has 0 aliphatic heterocycles. The molecule has 0 heterocycles. The molecule has 0 saturated heterocycles. The average Bonchev–Trinajstić information content (AvgIpc) is 2.37.